The van der Waals surface area contributed by atoms with Crippen molar-refractivity contribution in [2.24, 2.45) is 0 Å². The number of rotatable bonds is 4. The second-order valence-electron chi connectivity index (χ2n) is 7.50. The van der Waals surface area contributed by atoms with Crippen molar-refractivity contribution in [3.05, 3.63) is 82.6 Å². The largest absolute Gasteiger partial charge is 0.493 e. The number of benzene rings is 2. The van der Waals surface area contributed by atoms with Crippen molar-refractivity contribution in [3.8, 4) is 5.75 Å². The van der Waals surface area contributed by atoms with Gasteiger partial charge in [-0.05, 0) is 29.7 Å². The van der Waals surface area contributed by atoms with Crippen molar-refractivity contribution in [2.45, 2.75) is 38.8 Å². The average molecular weight is 360 g/mol. The summed E-state index contributed by atoms with van der Waals surface area (Å²) in [5, 5.41) is 0. The first-order valence-corrected chi connectivity index (χ1v) is 9.77. The Labute approximate surface area is 159 Å². The number of ether oxygens (including phenoxy) is 1. The van der Waals surface area contributed by atoms with Crippen LogP contribution in [0.15, 0.2) is 52.9 Å². The van der Waals surface area contributed by atoms with Crippen LogP contribution in [0.4, 0.5) is 0 Å². The highest BCUT2D eigenvalue weighted by atomic mass is 16.5. The lowest BCUT2D eigenvalue weighted by Crippen LogP contribution is -2.32. The molecule has 0 amide bonds. The number of oxazole rings is 1. The maximum atomic E-state index is 6.05. The van der Waals surface area contributed by atoms with E-state index in [9.17, 15) is 0 Å². The lowest BCUT2D eigenvalue weighted by atomic mass is 10.0. The van der Waals surface area contributed by atoms with Crippen molar-refractivity contribution in [2.75, 3.05) is 13.2 Å². The summed E-state index contributed by atoms with van der Waals surface area (Å²) in [7, 11) is 0. The van der Waals surface area contributed by atoms with E-state index >= 15 is 0 Å². The number of hydrogen-bond acceptors (Lipinski definition) is 4. The van der Waals surface area contributed by atoms with E-state index in [2.05, 4.69) is 54.3 Å². The molecule has 2 aliphatic heterocycles. The van der Waals surface area contributed by atoms with Gasteiger partial charge >= 0.3 is 0 Å². The minimum Gasteiger partial charge on any atom is -0.493 e. The topological polar surface area (TPSA) is 38.5 Å². The van der Waals surface area contributed by atoms with Gasteiger partial charge in [-0.25, -0.2) is 4.98 Å². The molecule has 4 nitrogen and oxygen atoms in total. The lowest BCUT2D eigenvalue weighted by Gasteiger charge is -2.31. The van der Waals surface area contributed by atoms with Crippen LogP contribution >= 0.6 is 0 Å². The molecule has 0 radical (unpaired) electrons. The van der Waals surface area contributed by atoms with E-state index < -0.39 is 0 Å². The van der Waals surface area contributed by atoms with Gasteiger partial charge in [-0.3, -0.25) is 4.90 Å². The van der Waals surface area contributed by atoms with Gasteiger partial charge in [0.05, 0.1) is 12.3 Å². The quantitative estimate of drug-likeness (QED) is 0.695. The van der Waals surface area contributed by atoms with Gasteiger partial charge in [-0.15, -0.1) is 0 Å². The van der Waals surface area contributed by atoms with E-state index in [1.165, 1.54) is 16.7 Å². The van der Waals surface area contributed by atoms with Crippen LogP contribution in [0.5, 0.6) is 5.75 Å². The molecule has 0 fully saturated rings. The normalized spacial score (nSPS) is 17.2. The molecule has 0 saturated carbocycles. The SMILES string of the molecule is CC(c1ccc2c(c1)OCC2)N1CCc2oc(Cc3ccccc3)nc2C1. The first kappa shape index (κ1) is 16.6. The highest BCUT2D eigenvalue weighted by Gasteiger charge is 2.27. The van der Waals surface area contributed by atoms with Crippen LogP contribution < -0.4 is 4.74 Å². The van der Waals surface area contributed by atoms with Gasteiger partial charge in [0, 0.05) is 38.4 Å². The first-order valence-electron chi connectivity index (χ1n) is 9.77. The average Bonchev–Trinajstić information content (AvgIpc) is 3.33. The van der Waals surface area contributed by atoms with Crippen LogP contribution in [0.3, 0.4) is 0 Å². The Morgan fingerprint density at radius 1 is 1.11 bits per heavy atom. The van der Waals surface area contributed by atoms with Crippen molar-refractivity contribution >= 4 is 0 Å². The minimum absolute atomic E-state index is 0.335. The molecule has 1 unspecified atom stereocenters. The lowest BCUT2D eigenvalue weighted by molar-refractivity contribution is 0.182. The Morgan fingerprint density at radius 2 is 2.00 bits per heavy atom. The Morgan fingerprint density at radius 3 is 2.89 bits per heavy atom. The van der Waals surface area contributed by atoms with Gasteiger partial charge in [-0.2, -0.15) is 0 Å². The van der Waals surface area contributed by atoms with E-state index in [0.29, 0.717) is 6.04 Å². The molecule has 2 aromatic carbocycles. The molecule has 3 aromatic rings. The Hall–Kier alpha value is -2.59. The molecule has 3 heterocycles. The molecule has 0 saturated heterocycles. The van der Waals surface area contributed by atoms with E-state index in [1.807, 2.05) is 6.07 Å². The Bertz CT molecular complexity index is 948. The summed E-state index contributed by atoms with van der Waals surface area (Å²) in [6, 6.07) is 17.4. The summed E-state index contributed by atoms with van der Waals surface area (Å²) < 4.78 is 11.8. The molecule has 0 aliphatic carbocycles. The van der Waals surface area contributed by atoms with Gasteiger partial charge in [-0.1, -0.05) is 42.5 Å². The number of aromatic nitrogens is 1. The molecule has 0 spiro atoms. The highest BCUT2D eigenvalue weighted by Crippen LogP contribution is 2.33. The summed E-state index contributed by atoms with van der Waals surface area (Å²) in [6.07, 6.45) is 2.70. The molecule has 0 bridgehead atoms. The summed E-state index contributed by atoms with van der Waals surface area (Å²) in [5.74, 6) is 2.94. The number of nitrogens with zero attached hydrogens (tertiary/aromatic N) is 2. The maximum Gasteiger partial charge on any atom is 0.199 e. The summed E-state index contributed by atoms with van der Waals surface area (Å²) in [4.78, 5) is 7.28. The van der Waals surface area contributed by atoms with Gasteiger partial charge in [0.2, 0.25) is 0 Å². The molecule has 27 heavy (non-hydrogen) atoms. The monoisotopic (exact) mass is 360 g/mol. The molecule has 5 rings (SSSR count). The van der Waals surface area contributed by atoms with E-state index in [0.717, 1.165) is 62.1 Å². The predicted octanol–water partition coefficient (Wildman–Crippen LogP) is 4.32. The van der Waals surface area contributed by atoms with E-state index in [4.69, 9.17) is 14.1 Å². The molecule has 1 atom stereocenters. The smallest absolute Gasteiger partial charge is 0.199 e. The zero-order chi connectivity index (χ0) is 18.2. The van der Waals surface area contributed by atoms with Crippen LogP contribution in [0.1, 0.15) is 47.0 Å². The molecule has 2 aliphatic rings. The van der Waals surface area contributed by atoms with Gasteiger partial charge in [0.1, 0.15) is 11.5 Å². The van der Waals surface area contributed by atoms with Crippen LogP contribution in [0.2, 0.25) is 0 Å². The van der Waals surface area contributed by atoms with Gasteiger partial charge < -0.3 is 9.15 Å². The molecular formula is C23H24N2O2. The van der Waals surface area contributed by atoms with Gasteiger partial charge in [0.15, 0.2) is 5.89 Å². The van der Waals surface area contributed by atoms with Crippen molar-refractivity contribution < 1.29 is 9.15 Å². The molecule has 1 aromatic heterocycles. The Balaban J connectivity index is 1.32. The standard InChI is InChI=1S/C23H24N2O2/c1-16(19-8-7-18-10-12-26-22(18)14-19)25-11-9-21-20(15-25)24-23(27-21)13-17-5-3-2-4-6-17/h2-8,14,16H,9-13,15H2,1H3. The maximum absolute atomic E-state index is 6.05. The molecule has 4 heteroatoms. The zero-order valence-electron chi connectivity index (χ0n) is 15.6. The van der Waals surface area contributed by atoms with Crippen LogP contribution in [-0.4, -0.2) is 23.0 Å². The number of hydrogen-bond donors (Lipinski definition) is 0. The molecule has 138 valence electrons. The molecule has 0 N–H and O–H groups in total. The van der Waals surface area contributed by atoms with Crippen LogP contribution in [-0.2, 0) is 25.8 Å². The summed E-state index contributed by atoms with van der Waals surface area (Å²) >= 11 is 0. The van der Waals surface area contributed by atoms with Crippen molar-refractivity contribution in [1.82, 2.24) is 9.88 Å². The third-order valence-corrected chi connectivity index (χ3v) is 5.75. The zero-order valence-corrected chi connectivity index (χ0v) is 15.6. The van der Waals surface area contributed by atoms with Gasteiger partial charge in [0.25, 0.3) is 0 Å². The highest BCUT2D eigenvalue weighted by molar-refractivity contribution is 5.41. The predicted molar refractivity (Wildman–Crippen MR) is 104 cm³/mol. The fraction of sp³-hybridized carbons (Fsp3) is 0.348. The number of fused-ring (bicyclic) bond motifs is 2. The molecular weight excluding hydrogens is 336 g/mol. The van der Waals surface area contributed by atoms with Crippen molar-refractivity contribution in [1.29, 1.82) is 0 Å². The minimum atomic E-state index is 0.335. The second-order valence-corrected chi connectivity index (χ2v) is 7.50. The fourth-order valence-corrected chi connectivity index (χ4v) is 4.10. The third-order valence-electron chi connectivity index (χ3n) is 5.75. The summed E-state index contributed by atoms with van der Waals surface area (Å²) in [6.45, 7) is 4.91. The fourth-order valence-electron chi connectivity index (χ4n) is 4.10. The third kappa shape index (κ3) is 3.26. The van der Waals surface area contributed by atoms with Crippen LogP contribution in [0.25, 0.3) is 0 Å². The van der Waals surface area contributed by atoms with E-state index in [1.54, 1.807) is 0 Å². The summed E-state index contributed by atoms with van der Waals surface area (Å²) in [5.41, 5.74) is 4.97. The second kappa shape index (κ2) is 6.86. The van der Waals surface area contributed by atoms with Crippen molar-refractivity contribution in [3.63, 3.8) is 0 Å². The van der Waals surface area contributed by atoms with E-state index in [-0.39, 0.29) is 0 Å². The Kier molecular flexibility index (Phi) is 4.21. The van der Waals surface area contributed by atoms with Crippen LogP contribution in [0, 0.1) is 0 Å². The first-order chi connectivity index (χ1) is 13.3.